The molecule has 0 spiro atoms. The van der Waals surface area contributed by atoms with Crippen LogP contribution in [0, 0.1) is 0 Å². The molecule has 2 aromatic carbocycles. The zero-order valence-electron chi connectivity index (χ0n) is 16.5. The Bertz CT molecular complexity index is 1060. The second-order valence-corrected chi connectivity index (χ2v) is 7.31. The number of thioether (sulfide) groups is 1. The first kappa shape index (κ1) is 21.6. The number of rotatable bonds is 8. The van der Waals surface area contributed by atoms with Gasteiger partial charge in [-0.3, -0.25) is 4.79 Å². The van der Waals surface area contributed by atoms with E-state index in [1.807, 2.05) is 0 Å². The molecule has 0 atom stereocenters. The number of ether oxygens (including phenoxy) is 3. The Labute approximate surface area is 182 Å². The molecule has 9 nitrogen and oxygen atoms in total. The highest BCUT2D eigenvalue weighted by molar-refractivity contribution is 7.99. The molecule has 158 valence electrons. The summed E-state index contributed by atoms with van der Waals surface area (Å²) in [4.78, 5) is 12.3. The van der Waals surface area contributed by atoms with Crippen molar-refractivity contribution in [2.24, 2.45) is 0 Å². The molecule has 0 aliphatic rings. The van der Waals surface area contributed by atoms with Gasteiger partial charge in [0.05, 0.1) is 32.8 Å². The van der Waals surface area contributed by atoms with Gasteiger partial charge in [0.1, 0.15) is 5.75 Å². The Morgan fingerprint density at radius 1 is 1.07 bits per heavy atom. The van der Waals surface area contributed by atoms with Crippen LogP contribution in [0.1, 0.15) is 0 Å². The number of anilines is 1. The molecule has 0 radical (unpaired) electrons. The molecule has 1 heterocycles. The third kappa shape index (κ3) is 4.71. The first-order valence-electron chi connectivity index (χ1n) is 8.66. The van der Waals surface area contributed by atoms with Crippen molar-refractivity contribution in [3.05, 3.63) is 41.4 Å². The van der Waals surface area contributed by atoms with Crippen molar-refractivity contribution in [1.82, 2.24) is 14.9 Å². The van der Waals surface area contributed by atoms with Crippen molar-refractivity contribution in [1.29, 1.82) is 0 Å². The van der Waals surface area contributed by atoms with Gasteiger partial charge in [-0.15, -0.1) is 10.2 Å². The SMILES string of the molecule is COc1ccc(Cl)cc1NC(=O)CSc1nnc(-c2ccc(OC)c(OC)c2)n1N. The summed E-state index contributed by atoms with van der Waals surface area (Å²) >= 11 is 7.13. The molecule has 0 saturated heterocycles. The first-order valence-corrected chi connectivity index (χ1v) is 10.0. The molecule has 11 heteroatoms. The summed E-state index contributed by atoms with van der Waals surface area (Å²) in [5, 5.41) is 11.8. The van der Waals surface area contributed by atoms with E-state index in [-0.39, 0.29) is 11.7 Å². The van der Waals surface area contributed by atoms with Crippen LogP contribution < -0.4 is 25.4 Å². The van der Waals surface area contributed by atoms with E-state index in [1.54, 1.807) is 50.6 Å². The molecular formula is C19H20ClN5O4S. The number of hydrogen-bond donors (Lipinski definition) is 2. The number of hydrogen-bond acceptors (Lipinski definition) is 8. The normalized spacial score (nSPS) is 10.5. The maximum absolute atomic E-state index is 12.3. The number of nitrogens with zero attached hydrogens (tertiary/aromatic N) is 3. The van der Waals surface area contributed by atoms with Crippen LogP contribution in [-0.2, 0) is 4.79 Å². The molecule has 0 aliphatic heterocycles. The summed E-state index contributed by atoms with van der Waals surface area (Å²) in [6.45, 7) is 0. The number of nitrogen functional groups attached to an aromatic ring is 1. The number of halogens is 1. The summed E-state index contributed by atoms with van der Waals surface area (Å²) in [6.07, 6.45) is 0. The van der Waals surface area contributed by atoms with Gasteiger partial charge >= 0.3 is 0 Å². The Morgan fingerprint density at radius 2 is 1.77 bits per heavy atom. The number of nitrogens with two attached hydrogens (primary N) is 1. The van der Waals surface area contributed by atoms with E-state index in [2.05, 4.69) is 15.5 Å². The lowest BCUT2D eigenvalue weighted by Crippen LogP contribution is -2.17. The molecule has 3 N–H and O–H groups in total. The Balaban J connectivity index is 1.70. The lowest BCUT2D eigenvalue weighted by atomic mass is 10.2. The van der Waals surface area contributed by atoms with Gasteiger partial charge in [0, 0.05) is 10.6 Å². The Hall–Kier alpha value is -3.11. The quantitative estimate of drug-likeness (QED) is 0.398. The van der Waals surface area contributed by atoms with Crippen LogP contribution in [0.3, 0.4) is 0 Å². The van der Waals surface area contributed by atoms with E-state index in [9.17, 15) is 4.79 Å². The fourth-order valence-corrected chi connectivity index (χ4v) is 3.47. The number of carbonyl (C=O) groups excluding carboxylic acids is 1. The van der Waals surface area contributed by atoms with E-state index in [0.717, 1.165) is 11.8 Å². The average molecular weight is 450 g/mol. The molecular weight excluding hydrogens is 430 g/mol. The zero-order chi connectivity index (χ0) is 21.7. The standard InChI is InChI=1S/C19H20ClN5O4S/c1-27-14-7-5-12(20)9-13(14)22-17(26)10-30-19-24-23-18(25(19)21)11-4-6-15(28-2)16(8-11)29-3/h4-9H,10,21H2,1-3H3,(H,22,26). The highest BCUT2D eigenvalue weighted by Crippen LogP contribution is 2.32. The summed E-state index contributed by atoms with van der Waals surface area (Å²) in [7, 11) is 4.62. The van der Waals surface area contributed by atoms with Gasteiger partial charge in [-0.2, -0.15) is 0 Å². The minimum absolute atomic E-state index is 0.0664. The molecule has 0 saturated carbocycles. The van der Waals surface area contributed by atoms with Crippen LogP contribution in [0.25, 0.3) is 11.4 Å². The van der Waals surface area contributed by atoms with E-state index in [4.69, 9.17) is 31.7 Å². The smallest absolute Gasteiger partial charge is 0.234 e. The molecule has 1 amide bonds. The van der Waals surface area contributed by atoms with Gasteiger partial charge in [-0.25, -0.2) is 4.68 Å². The predicted molar refractivity (Wildman–Crippen MR) is 116 cm³/mol. The van der Waals surface area contributed by atoms with Crippen molar-refractivity contribution in [2.45, 2.75) is 5.16 Å². The average Bonchev–Trinajstić information content (AvgIpc) is 3.12. The van der Waals surface area contributed by atoms with E-state index in [0.29, 0.717) is 44.5 Å². The molecule has 0 fully saturated rings. The van der Waals surface area contributed by atoms with Crippen molar-refractivity contribution in [3.63, 3.8) is 0 Å². The highest BCUT2D eigenvalue weighted by atomic mass is 35.5. The van der Waals surface area contributed by atoms with Gasteiger partial charge in [0.15, 0.2) is 17.3 Å². The van der Waals surface area contributed by atoms with E-state index >= 15 is 0 Å². The lowest BCUT2D eigenvalue weighted by molar-refractivity contribution is -0.113. The summed E-state index contributed by atoms with van der Waals surface area (Å²) in [6, 6.07) is 10.3. The molecule has 1 aromatic heterocycles. The molecule has 0 unspecified atom stereocenters. The van der Waals surface area contributed by atoms with Crippen molar-refractivity contribution >= 4 is 35.0 Å². The molecule has 3 rings (SSSR count). The summed E-state index contributed by atoms with van der Waals surface area (Å²) in [5.74, 6) is 8.00. The molecule has 3 aromatic rings. The van der Waals surface area contributed by atoms with Gasteiger partial charge in [0.25, 0.3) is 0 Å². The van der Waals surface area contributed by atoms with Crippen LogP contribution in [0.15, 0.2) is 41.6 Å². The van der Waals surface area contributed by atoms with Gasteiger partial charge in [-0.05, 0) is 36.4 Å². The highest BCUT2D eigenvalue weighted by Gasteiger charge is 2.16. The number of amides is 1. The number of nitrogens with one attached hydrogen (secondary N) is 1. The lowest BCUT2D eigenvalue weighted by Gasteiger charge is -2.10. The number of benzene rings is 2. The Kier molecular flexibility index (Phi) is 6.91. The van der Waals surface area contributed by atoms with Gasteiger partial charge in [-0.1, -0.05) is 23.4 Å². The van der Waals surface area contributed by atoms with Gasteiger partial charge in [0.2, 0.25) is 11.1 Å². The van der Waals surface area contributed by atoms with Crippen LogP contribution >= 0.6 is 23.4 Å². The predicted octanol–water partition coefficient (Wildman–Crippen LogP) is 3.07. The summed E-state index contributed by atoms with van der Waals surface area (Å²) in [5.41, 5.74) is 1.18. The number of aromatic nitrogens is 3. The third-order valence-electron chi connectivity index (χ3n) is 4.07. The van der Waals surface area contributed by atoms with E-state index in [1.165, 1.54) is 11.8 Å². The fourth-order valence-electron chi connectivity index (χ4n) is 2.64. The summed E-state index contributed by atoms with van der Waals surface area (Å²) < 4.78 is 17.1. The molecule has 0 bridgehead atoms. The van der Waals surface area contributed by atoms with Crippen molar-refractivity contribution in [3.8, 4) is 28.6 Å². The van der Waals surface area contributed by atoms with Crippen LogP contribution in [0.4, 0.5) is 5.69 Å². The van der Waals surface area contributed by atoms with Gasteiger partial charge < -0.3 is 25.4 Å². The Morgan fingerprint density at radius 3 is 2.47 bits per heavy atom. The number of carbonyl (C=O) groups is 1. The molecule has 30 heavy (non-hydrogen) atoms. The zero-order valence-corrected chi connectivity index (χ0v) is 18.1. The molecule has 0 aliphatic carbocycles. The second kappa shape index (κ2) is 9.59. The first-order chi connectivity index (χ1) is 14.5. The maximum Gasteiger partial charge on any atom is 0.234 e. The van der Waals surface area contributed by atoms with Crippen LogP contribution in [0.2, 0.25) is 5.02 Å². The minimum atomic E-state index is -0.267. The van der Waals surface area contributed by atoms with Crippen LogP contribution in [-0.4, -0.2) is 47.9 Å². The van der Waals surface area contributed by atoms with Crippen molar-refractivity contribution < 1.29 is 19.0 Å². The largest absolute Gasteiger partial charge is 0.495 e. The van der Waals surface area contributed by atoms with E-state index < -0.39 is 0 Å². The monoisotopic (exact) mass is 449 g/mol. The second-order valence-electron chi connectivity index (χ2n) is 5.93. The number of methoxy groups -OCH3 is 3. The minimum Gasteiger partial charge on any atom is -0.495 e. The maximum atomic E-state index is 12.3. The van der Waals surface area contributed by atoms with Crippen molar-refractivity contribution in [2.75, 3.05) is 38.2 Å². The fraction of sp³-hybridized carbons (Fsp3) is 0.211. The van der Waals surface area contributed by atoms with Crippen LogP contribution in [0.5, 0.6) is 17.2 Å². The third-order valence-corrected chi connectivity index (χ3v) is 5.25. The topological polar surface area (TPSA) is 114 Å².